The number of halogens is 1. The van der Waals surface area contributed by atoms with E-state index in [2.05, 4.69) is 26.6 Å². The van der Waals surface area contributed by atoms with Crippen molar-refractivity contribution in [3.05, 3.63) is 44.4 Å². The van der Waals surface area contributed by atoms with Gasteiger partial charge in [-0.2, -0.15) is 0 Å². The average molecular weight is 383 g/mol. The highest BCUT2D eigenvalue weighted by Gasteiger charge is 2.24. The summed E-state index contributed by atoms with van der Waals surface area (Å²) in [5.41, 5.74) is 1.05. The Balaban J connectivity index is 1.52. The SMILES string of the molecule is O=C(CNC(=O)c1ccc(Br)s1)NC1CCCc2occc21. The fourth-order valence-electron chi connectivity index (χ4n) is 2.57. The van der Waals surface area contributed by atoms with E-state index >= 15 is 0 Å². The first kappa shape index (κ1) is 15.3. The zero-order valence-electron chi connectivity index (χ0n) is 11.7. The van der Waals surface area contributed by atoms with E-state index in [1.807, 2.05) is 12.1 Å². The minimum atomic E-state index is -0.238. The molecule has 0 fully saturated rings. The number of hydrogen-bond donors (Lipinski definition) is 2. The lowest BCUT2D eigenvalue weighted by Gasteiger charge is -2.22. The Morgan fingerprint density at radius 1 is 1.36 bits per heavy atom. The van der Waals surface area contributed by atoms with E-state index in [0.29, 0.717) is 4.88 Å². The molecular formula is C15H15BrN2O3S. The summed E-state index contributed by atoms with van der Waals surface area (Å²) in [5, 5.41) is 5.59. The van der Waals surface area contributed by atoms with Crippen LogP contribution in [0, 0.1) is 0 Å². The molecule has 1 unspecified atom stereocenters. The number of fused-ring (bicyclic) bond motifs is 1. The monoisotopic (exact) mass is 382 g/mol. The number of aryl methyl sites for hydroxylation is 1. The average Bonchev–Trinajstić information content (AvgIpc) is 3.14. The van der Waals surface area contributed by atoms with Crippen LogP contribution in [-0.2, 0) is 11.2 Å². The molecule has 2 aromatic rings. The van der Waals surface area contributed by atoms with Crippen molar-refractivity contribution in [3.8, 4) is 0 Å². The van der Waals surface area contributed by atoms with Gasteiger partial charge in [-0.05, 0) is 47.0 Å². The van der Waals surface area contributed by atoms with Crippen LogP contribution < -0.4 is 10.6 Å². The summed E-state index contributed by atoms with van der Waals surface area (Å²) in [6, 6.07) is 5.41. The van der Waals surface area contributed by atoms with Crippen molar-refractivity contribution in [3.63, 3.8) is 0 Å². The minimum Gasteiger partial charge on any atom is -0.469 e. The number of nitrogens with one attached hydrogen (secondary N) is 2. The topological polar surface area (TPSA) is 71.3 Å². The molecule has 1 atom stereocenters. The number of hydrogen-bond acceptors (Lipinski definition) is 4. The van der Waals surface area contributed by atoms with Crippen LogP contribution in [0.4, 0.5) is 0 Å². The lowest BCUT2D eigenvalue weighted by atomic mass is 9.93. The Kier molecular flexibility index (Phi) is 4.63. The van der Waals surface area contributed by atoms with E-state index in [1.54, 1.807) is 12.3 Å². The maximum Gasteiger partial charge on any atom is 0.261 e. The molecule has 116 valence electrons. The molecule has 22 heavy (non-hydrogen) atoms. The van der Waals surface area contributed by atoms with E-state index in [4.69, 9.17) is 4.42 Å². The van der Waals surface area contributed by atoms with Gasteiger partial charge >= 0.3 is 0 Å². The Labute approximate surface area is 140 Å². The molecule has 1 aliphatic rings. The molecule has 5 nitrogen and oxygen atoms in total. The molecule has 2 N–H and O–H groups in total. The molecule has 0 bridgehead atoms. The second-order valence-electron chi connectivity index (χ2n) is 5.10. The van der Waals surface area contributed by atoms with Gasteiger partial charge < -0.3 is 15.1 Å². The smallest absolute Gasteiger partial charge is 0.261 e. The number of amides is 2. The minimum absolute atomic E-state index is 0.0252. The first-order valence-corrected chi connectivity index (χ1v) is 8.63. The second kappa shape index (κ2) is 6.66. The van der Waals surface area contributed by atoms with E-state index in [-0.39, 0.29) is 24.4 Å². The van der Waals surface area contributed by atoms with E-state index < -0.39 is 0 Å². The Hall–Kier alpha value is -1.60. The first-order chi connectivity index (χ1) is 10.6. The van der Waals surface area contributed by atoms with Gasteiger partial charge in [0.1, 0.15) is 5.76 Å². The first-order valence-electron chi connectivity index (χ1n) is 7.02. The molecule has 0 aliphatic heterocycles. The Bertz CT molecular complexity index is 695. The van der Waals surface area contributed by atoms with Gasteiger partial charge in [0.2, 0.25) is 5.91 Å². The molecule has 0 saturated carbocycles. The van der Waals surface area contributed by atoms with Crippen LogP contribution in [0.1, 0.15) is 39.9 Å². The van der Waals surface area contributed by atoms with Crippen LogP contribution in [0.5, 0.6) is 0 Å². The van der Waals surface area contributed by atoms with Gasteiger partial charge in [-0.15, -0.1) is 11.3 Å². The predicted octanol–water partition coefficient (Wildman–Crippen LogP) is 3.03. The van der Waals surface area contributed by atoms with Crippen LogP contribution >= 0.6 is 27.3 Å². The van der Waals surface area contributed by atoms with Gasteiger partial charge in [-0.25, -0.2) is 0 Å². The summed E-state index contributed by atoms with van der Waals surface area (Å²) in [5.74, 6) is 0.519. The zero-order valence-corrected chi connectivity index (χ0v) is 14.1. The summed E-state index contributed by atoms with van der Waals surface area (Å²) >= 11 is 4.64. The molecule has 0 spiro atoms. The third-order valence-electron chi connectivity index (χ3n) is 3.59. The summed E-state index contributed by atoms with van der Waals surface area (Å²) in [6.07, 6.45) is 4.45. The van der Waals surface area contributed by atoms with Gasteiger partial charge in [0.25, 0.3) is 5.91 Å². The number of furan rings is 1. The van der Waals surface area contributed by atoms with Crippen molar-refractivity contribution in [1.82, 2.24) is 10.6 Å². The maximum absolute atomic E-state index is 12.0. The normalized spacial score (nSPS) is 16.9. The van der Waals surface area contributed by atoms with Crippen LogP contribution in [0.2, 0.25) is 0 Å². The van der Waals surface area contributed by atoms with Gasteiger partial charge in [0.05, 0.1) is 27.5 Å². The summed E-state index contributed by atoms with van der Waals surface area (Å²) < 4.78 is 6.29. The highest BCUT2D eigenvalue weighted by Crippen LogP contribution is 2.30. The quantitative estimate of drug-likeness (QED) is 0.853. The van der Waals surface area contributed by atoms with E-state index in [9.17, 15) is 9.59 Å². The van der Waals surface area contributed by atoms with Crippen molar-refractivity contribution >= 4 is 39.1 Å². The summed E-state index contributed by atoms with van der Waals surface area (Å²) in [7, 11) is 0. The fourth-order valence-corrected chi connectivity index (χ4v) is 3.87. The third-order valence-corrected chi connectivity index (χ3v) is 5.22. The molecular weight excluding hydrogens is 368 g/mol. The van der Waals surface area contributed by atoms with Gasteiger partial charge in [0, 0.05) is 12.0 Å². The summed E-state index contributed by atoms with van der Waals surface area (Å²) in [6.45, 7) is -0.0297. The highest BCUT2D eigenvalue weighted by atomic mass is 79.9. The lowest BCUT2D eigenvalue weighted by Crippen LogP contribution is -2.39. The van der Waals surface area contributed by atoms with Crippen molar-refractivity contribution in [2.75, 3.05) is 6.54 Å². The van der Waals surface area contributed by atoms with E-state index in [1.165, 1.54) is 11.3 Å². The van der Waals surface area contributed by atoms with Crippen molar-refractivity contribution < 1.29 is 14.0 Å². The van der Waals surface area contributed by atoms with Crippen LogP contribution in [-0.4, -0.2) is 18.4 Å². The van der Waals surface area contributed by atoms with Gasteiger partial charge in [0.15, 0.2) is 0 Å². The molecule has 7 heteroatoms. The van der Waals surface area contributed by atoms with Crippen molar-refractivity contribution in [2.45, 2.75) is 25.3 Å². The molecule has 0 saturated heterocycles. The molecule has 0 aromatic carbocycles. The third kappa shape index (κ3) is 3.41. The highest BCUT2D eigenvalue weighted by molar-refractivity contribution is 9.11. The largest absolute Gasteiger partial charge is 0.469 e. The summed E-state index contributed by atoms with van der Waals surface area (Å²) in [4.78, 5) is 24.5. The molecule has 2 amide bonds. The number of carbonyl (C=O) groups is 2. The van der Waals surface area contributed by atoms with Gasteiger partial charge in [-0.3, -0.25) is 9.59 Å². The van der Waals surface area contributed by atoms with Crippen molar-refractivity contribution in [1.29, 1.82) is 0 Å². The fraction of sp³-hybridized carbons (Fsp3) is 0.333. The van der Waals surface area contributed by atoms with Gasteiger partial charge in [-0.1, -0.05) is 0 Å². The Morgan fingerprint density at radius 3 is 3.00 bits per heavy atom. The number of carbonyl (C=O) groups excluding carboxylic acids is 2. The number of rotatable bonds is 4. The van der Waals surface area contributed by atoms with E-state index in [0.717, 1.165) is 34.4 Å². The molecule has 2 heterocycles. The second-order valence-corrected chi connectivity index (χ2v) is 7.56. The Morgan fingerprint density at radius 2 is 2.23 bits per heavy atom. The van der Waals surface area contributed by atoms with Crippen LogP contribution in [0.3, 0.4) is 0 Å². The molecule has 2 aromatic heterocycles. The maximum atomic E-state index is 12.0. The number of thiophene rings is 1. The van der Waals surface area contributed by atoms with Crippen LogP contribution in [0.25, 0.3) is 0 Å². The lowest BCUT2D eigenvalue weighted by molar-refractivity contribution is -0.121. The molecule has 3 rings (SSSR count). The standard InChI is InChI=1S/C15H15BrN2O3S/c16-13-5-4-12(22-13)15(20)17-8-14(19)18-10-2-1-3-11-9(10)6-7-21-11/h4-7,10H,1-3,8H2,(H,17,20)(H,18,19). The predicted molar refractivity (Wildman–Crippen MR) is 86.9 cm³/mol. The van der Waals surface area contributed by atoms with Crippen molar-refractivity contribution in [2.24, 2.45) is 0 Å². The zero-order chi connectivity index (χ0) is 15.5. The van der Waals surface area contributed by atoms with Crippen LogP contribution in [0.15, 0.2) is 32.7 Å². The molecule has 1 aliphatic carbocycles. The molecule has 0 radical (unpaired) electrons.